The molecule has 4 aliphatic rings. The first-order valence-corrected chi connectivity index (χ1v) is 12.4. The quantitative estimate of drug-likeness (QED) is 0.555. The molecule has 0 aromatic heterocycles. The van der Waals surface area contributed by atoms with Gasteiger partial charge in [0.2, 0.25) is 12.7 Å². The summed E-state index contributed by atoms with van der Waals surface area (Å²) in [4.78, 5) is 42.9. The molecule has 1 aliphatic carbocycles. The molecule has 3 N–H and O–H groups in total. The Labute approximate surface area is 215 Å². The van der Waals surface area contributed by atoms with E-state index in [1.807, 2.05) is 0 Å². The molecule has 184 valence electrons. The van der Waals surface area contributed by atoms with E-state index in [4.69, 9.17) is 19.9 Å². The maximum atomic E-state index is 13.9. The molecule has 0 saturated carbocycles. The number of anilines is 2. The van der Waals surface area contributed by atoms with Crippen molar-refractivity contribution in [3.05, 3.63) is 69.1 Å². The first-order chi connectivity index (χ1) is 17.4. The number of nitrogens with zero attached hydrogens (tertiary/aromatic N) is 1. The van der Waals surface area contributed by atoms with Crippen LogP contribution < -0.4 is 25.4 Å². The topological polar surface area (TPSA) is 120 Å². The standard InChI is InChI=1S/C26H22BrN3O6/c1-2-34-24(32)22-23(28)30(14-7-9-19-20(11-14)36-12-35-19)17-4-3-5-18(31)21(17)26(22)15-10-13(27)6-8-16(15)29-25(26)33/h6-11H,2-5,12,28H2,1H3,(H,29,33). The molecule has 1 amide bonds. The van der Waals surface area contributed by atoms with Gasteiger partial charge in [-0.1, -0.05) is 15.9 Å². The van der Waals surface area contributed by atoms with Crippen molar-refractivity contribution in [2.45, 2.75) is 31.6 Å². The molecular weight excluding hydrogens is 530 g/mol. The van der Waals surface area contributed by atoms with Gasteiger partial charge in [0.1, 0.15) is 16.8 Å². The minimum Gasteiger partial charge on any atom is -0.462 e. The number of hydrogen-bond donors (Lipinski definition) is 2. The van der Waals surface area contributed by atoms with Crippen LogP contribution in [0.2, 0.25) is 0 Å². The number of Topliss-reactive ketones (excluding diaryl/α,β-unsaturated/α-hetero) is 1. The minimum atomic E-state index is -1.73. The third-order valence-electron chi connectivity index (χ3n) is 6.97. The molecule has 6 rings (SSSR count). The van der Waals surface area contributed by atoms with Gasteiger partial charge < -0.3 is 25.3 Å². The number of benzene rings is 2. The monoisotopic (exact) mass is 551 g/mol. The average molecular weight is 552 g/mol. The zero-order valence-electron chi connectivity index (χ0n) is 19.4. The Balaban J connectivity index is 1.69. The van der Waals surface area contributed by atoms with Gasteiger partial charge in [0, 0.05) is 39.5 Å². The SMILES string of the molecule is CCOC(=O)C1=C(N)N(c2ccc3c(c2)OCO3)C2=C(C(=O)CCC2)C12C(=O)Nc1ccc(Br)cc12. The lowest BCUT2D eigenvalue weighted by atomic mass is 9.63. The van der Waals surface area contributed by atoms with E-state index in [2.05, 4.69) is 21.2 Å². The Bertz CT molecular complexity index is 1430. The van der Waals surface area contributed by atoms with Gasteiger partial charge in [-0.05, 0) is 50.1 Å². The first kappa shape index (κ1) is 22.7. The Morgan fingerprint density at radius 1 is 1.17 bits per heavy atom. The Morgan fingerprint density at radius 3 is 2.78 bits per heavy atom. The van der Waals surface area contributed by atoms with E-state index in [-0.39, 0.29) is 42.6 Å². The summed E-state index contributed by atoms with van der Waals surface area (Å²) >= 11 is 3.48. The van der Waals surface area contributed by atoms with Crippen molar-refractivity contribution in [2.24, 2.45) is 5.73 Å². The fourth-order valence-corrected chi connectivity index (χ4v) is 5.96. The highest BCUT2D eigenvalue weighted by Gasteiger charge is 2.62. The second kappa shape index (κ2) is 8.12. The fraction of sp³-hybridized carbons (Fsp3) is 0.269. The van der Waals surface area contributed by atoms with Gasteiger partial charge in [-0.2, -0.15) is 0 Å². The summed E-state index contributed by atoms with van der Waals surface area (Å²) in [6.45, 7) is 1.84. The summed E-state index contributed by atoms with van der Waals surface area (Å²) in [5, 5.41) is 2.88. The highest BCUT2D eigenvalue weighted by atomic mass is 79.9. The number of ether oxygens (including phenoxy) is 3. The minimum absolute atomic E-state index is 0.0312. The van der Waals surface area contributed by atoms with Gasteiger partial charge in [-0.25, -0.2) is 4.79 Å². The number of allylic oxidation sites excluding steroid dienone is 1. The summed E-state index contributed by atoms with van der Waals surface area (Å²) in [6.07, 6.45) is 1.33. The smallest absolute Gasteiger partial charge is 0.339 e. The van der Waals surface area contributed by atoms with Crippen LogP contribution in [0.25, 0.3) is 0 Å². The van der Waals surface area contributed by atoms with Gasteiger partial charge in [0.25, 0.3) is 0 Å². The predicted octanol–water partition coefficient (Wildman–Crippen LogP) is 3.63. The molecule has 0 radical (unpaired) electrons. The average Bonchev–Trinajstić information content (AvgIpc) is 3.42. The molecular formula is C26H22BrN3O6. The summed E-state index contributed by atoms with van der Waals surface area (Å²) in [5.74, 6) is -0.329. The van der Waals surface area contributed by atoms with Gasteiger partial charge in [0.15, 0.2) is 17.3 Å². The van der Waals surface area contributed by atoms with E-state index in [9.17, 15) is 14.4 Å². The lowest BCUT2D eigenvalue weighted by Crippen LogP contribution is -2.53. The Kier molecular flexibility index (Phi) is 5.11. The number of hydrogen-bond acceptors (Lipinski definition) is 8. The van der Waals surface area contributed by atoms with Crippen molar-refractivity contribution in [1.29, 1.82) is 0 Å². The number of nitrogens with one attached hydrogen (secondary N) is 1. The van der Waals surface area contributed by atoms with Gasteiger partial charge in [-0.15, -0.1) is 0 Å². The van der Waals surface area contributed by atoms with Crippen LogP contribution in [0, 0.1) is 0 Å². The molecule has 9 nitrogen and oxygen atoms in total. The number of fused-ring (bicyclic) bond motifs is 4. The second-order valence-electron chi connectivity index (χ2n) is 8.85. The maximum Gasteiger partial charge on any atom is 0.339 e. The van der Waals surface area contributed by atoms with Crippen molar-refractivity contribution >= 4 is 45.0 Å². The predicted molar refractivity (Wildman–Crippen MR) is 133 cm³/mol. The van der Waals surface area contributed by atoms with E-state index in [0.717, 1.165) is 0 Å². The normalized spacial score (nSPS) is 22.1. The van der Waals surface area contributed by atoms with Gasteiger partial charge >= 0.3 is 5.97 Å². The van der Waals surface area contributed by atoms with Crippen molar-refractivity contribution in [3.8, 4) is 11.5 Å². The third kappa shape index (κ3) is 2.97. The fourth-order valence-electron chi connectivity index (χ4n) is 5.60. The maximum absolute atomic E-state index is 13.9. The number of ketones is 1. The molecule has 0 saturated heterocycles. The van der Waals surface area contributed by atoms with E-state index in [1.54, 1.807) is 48.2 Å². The number of halogens is 1. The molecule has 0 fully saturated rings. The van der Waals surface area contributed by atoms with E-state index < -0.39 is 17.3 Å². The van der Waals surface area contributed by atoms with Crippen LogP contribution in [-0.2, 0) is 24.5 Å². The molecule has 2 aromatic carbocycles. The lowest BCUT2D eigenvalue weighted by Gasteiger charge is -2.44. The molecule has 0 bridgehead atoms. The number of rotatable bonds is 3. The molecule has 36 heavy (non-hydrogen) atoms. The van der Waals surface area contributed by atoms with Crippen LogP contribution in [0.4, 0.5) is 11.4 Å². The number of nitrogens with two attached hydrogens (primary N) is 1. The molecule has 3 aliphatic heterocycles. The van der Waals surface area contributed by atoms with Crippen molar-refractivity contribution in [3.63, 3.8) is 0 Å². The van der Waals surface area contributed by atoms with Crippen LogP contribution in [0.5, 0.6) is 11.5 Å². The van der Waals surface area contributed by atoms with Crippen molar-refractivity contribution < 1.29 is 28.6 Å². The number of amides is 1. The van der Waals surface area contributed by atoms with Crippen molar-refractivity contribution in [2.75, 3.05) is 23.6 Å². The van der Waals surface area contributed by atoms with Crippen LogP contribution in [0.1, 0.15) is 31.7 Å². The van der Waals surface area contributed by atoms with Crippen molar-refractivity contribution in [1.82, 2.24) is 0 Å². The largest absolute Gasteiger partial charge is 0.462 e. The Hall–Kier alpha value is -3.79. The van der Waals surface area contributed by atoms with Crippen LogP contribution in [0.15, 0.2) is 63.5 Å². The molecule has 3 heterocycles. The summed E-state index contributed by atoms with van der Waals surface area (Å²) in [5.41, 5.74) is 7.40. The zero-order chi connectivity index (χ0) is 25.2. The van der Waals surface area contributed by atoms with Crippen LogP contribution in [-0.4, -0.2) is 31.1 Å². The van der Waals surface area contributed by atoms with E-state index in [1.165, 1.54) is 0 Å². The lowest BCUT2D eigenvalue weighted by molar-refractivity contribution is -0.140. The van der Waals surface area contributed by atoms with E-state index in [0.29, 0.717) is 51.4 Å². The van der Waals surface area contributed by atoms with Gasteiger partial charge in [0.05, 0.1) is 12.3 Å². The number of esters is 1. The second-order valence-corrected chi connectivity index (χ2v) is 9.76. The molecule has 1 atom stereocenters. The molecule has 2 aromatic rings. The summed E-state index contributed by atoms with van der Waals surface area (Å²) in [6, 6.07) is 10.6. The molecule has 1 spiro atoms. The van der Waals surface area contributed by atoms with Crippen LogP contribution >= 0.6 is 15.9 Å². The zero-order valence-corrected chi connectivity index (χ0v) is 20.9. The highest BCUT2D eigenvalue weighted by molar-refractivity contribution is 9.10. The number of carbonyl (C=O) groups is 3. The van der Waals surface area contributed by atoms with Gasteiger partial charge in [-0.3, -0.25) is 14.5 Å². The summed E-state index contributed by atoms with van der Waals surface area (Å²) < 4.78 is 17.1. The third-order valence-corrected chi connectivity index (χ3v) is 7.46. The van der Waals surface area contributed by atoms with Crippen LogP contribution in [0.3, 0.4) is 0 Å². The highest BCUT2D eigenvalue weighted by Crippen LogP contribution is 2.56. The molecule has 10 heteroatoms. The van der Waals surface area contributed by atoms with E-state index >= 15 is 0 Å². The number of carbonyl (C=O) groups excluding carboxylic acids is 3. The Morgan fingerprint density at radius 2 is 1.97 bits per heavy atom. The first-order valence-electron chi connectivity index (χ1n) is 11.6. The summed E-state index contributed by atoms with van der Waals surface area (Å²) in [7, 11) is 0. The molecule has 1 unspecified atom stereocenters.